The van der Waals surface area contributed by atoms with Crippen LogP contribution >= 0.6 is 0 Å². The molecule has 0 unspecified atom stereocenters. The van der Waals surface area contributed by atoms with Crippen molar-refractivity contribution in [3.63, 3.8) is 0 Å². The summed E-state index contributed by atoms with van der Waals surface area (Å²) in [6.45, 7) is 3.66. The van der Waals surface area contributed by atoms with Crippen molar-refractivity contribution >= 4 is 11.8 Å². The lowest BCUT2D eigenvalue weighted by atomic mass is 10.0. The van der Waals surface area contributed by atoms with Gasteiger partial charge in [0.2, 0.25) is 0 Å². The molecule has 0 saturated carbocycles. The van der Waals surface area contributed by atoms with E-state index in [2.05, 4.69) is 32.0 Å². The molecule has 7 heteroatoms. The summed E-state index contributed by atoms with van der Waals surface area (Å²) in [6.07, 6.45) is 8.39. The molecule has 3 heterocycles. The van der Waals surface area contributed by atoms with Gasteiger partial charge in [0.05, 0.1) is 6.04 Å². The molecule has 0 aromatic carbocycles. The number of aryl methyl sites for hydroxylation is 1. The van der Waals surface area contributed by atoms with Crippen LogP contribution in [0.3, 0.4) is 0 Å². The average Bonchev–Trinajstić information content (AvgIpc) is 3.04. The van der Waals surface area contributed by atoms with Crippen LogP contribution < -0.4 is 5.32 Å². The lowest BCUT2D eigenvalue weighted by molar-refractivity contribution is 0.157. The van der Waals surface area contributed by atoms with Gasteiger partial charge < -0.3 is 9.47 Å². The quantitative estimate of drug-likeness (QED) is 0.944. The van der Waals surface area contributed by atoms with Gasteiger partial charge in [0.1, 0.15) is 5.82 Å². The molecular formula is C15H20N6O. The summed E-state index contributed by atoms with van der Waals surface area (Å²) in [5.74, 6) is 1.42. The van der Waals surface area contributed by atoms with Gasteiger partial charge in [-0.05, 0) is 38.3 Å². The molecular weight excluding hydrogens is 280 g/mol. The van der Waals surface area contributed by atoms with Gasteiger partial charge in [-0.15, -0.1) is 5.10 Å². The Balaban J connectivity index is 1.79. The normalized spacial score (nSPS) is 18.2. The SMILES string of the molecule is CCn1ccnc1[C@H]1CCCCN1C(=O)Nc1cccnn1. The second kappa shape index (κ2) is 6.55. The third kappa shape index (κ3) is 2.93. The number of hydrogen-bond acceptors (Lipinski definition) is 4. The highest BCUT2D eigenvalue weighted by Crippen LogP contribution is 2.30. The Morgan fingerprint density at radius 2 is 2.32 bits per heavy atom. The molecule has 1 saturated heterocycles. The van der Waals surface area contributed by atoms with Crippen LogP contribution in [0.4, 0.5) is 10.6 Å². The maximum atomic E-state index is 12.6. The number of likely N-dealkylation sites (tertiary alicyclic amines) is 1. The Labute approximate surface area is 129 Å². The number of rotatable bonds is 3. The van der Waals surface area contributed by atoms with Gasteiger partial charge in [0.15, 0.2) is 5.82 Å². The number of piperidine rings is 1. The van der Waals surface area contributed by atoms with Crippen LogP contribution in [0.1, 0.15) is 38.1 Å². The maximum absolute atomic E-state index is 12.6. The Morgan fingerprint density at radius 3 is 3.09 bits per heavy atom. The van der Waals surface area contributed by atoms with E-state index in [1.165, 1.54) is 0 Å². The lowest BCUT2D eigenvalue weighted by Crippen LogP contribution is -2.42. The molecule has 0 bridgehead atoms. The Morgan fingerprint density at radius 1 is 1.41 bits per heavy atom. The van der Waals surface area contributed by atoms with Crippen molar-refractivity contribution in [3.05, 3.63) is 36.5 Å². The average molecular weight is 300 g/mol. The smallest absolute Gasteiger partial charge is 0.323 e. The fourth-order valence-corrected chi connectivity index (χ4v) is 2.88. The zero-order valence-electron chi connectivity index (χ0n) is 12.6. The fraction of sp³-hybridized carbons (Fsp3) is 0.467. The molecule has 1 aliphatic rings. The number of nitrogens with zero attached hydrogens (tertiary/aromatic N) is 5. The van der Waals surface area contributed by atoms with E-state index in [9.17, 15) is 4.79 Å². The second-order valence-electron chi connectivity index (χ2n) is 5.32. The number of amides is 2. The number of anilines is 1. The first-order valence-corrected chi connectivity index (χ1v) is 7.66. The van der Waals surface area contributed by atoms with E-state index >= 15 is 0 Å². The highest BCUT2D eigenvalue weighted by Gasteiger charge is 2.30. The van der Waals surface area contributed by atoms with Crippen LogP contribution in [-0.4, -0.2) is 37.2 Å². The number of carbonyl (C=O) groups is 1. The van der Waals surface area contributed by atoms with Crippen molar-refractivity contribution in [1.29, 1.82) is 0 Å². The molecule has 2 aromatic rings. The summed E-state index contributed by atoms with van der Waals surface area (Å²) >= 11 is 0. The van der Waals surface area contributed by atoms with Crippen LogP contribution in [0.15, 0.2) is 30.7 Å². The Bertz CT molecular complexity index is 626. The number of urea groups is 1. The van der Waals surface area contributed by atoms with Crippen LogP contribution in [0.25, 0.3) is 0 Å². The Kier molecular flexibility index (Phi) is 4.32. The first-order valence-electron chi connectivity index (χ1n) is 7.66. The minimum absolute atomic E-state index is 0.0142. The van der Waals surface area contributed by atoms with Crippen molar-refractivity contribution in [2.24, 2.45) is 0 Å². The lowest BCUT2D eigenvalue weighted by Gasteiger charge is -2.35. The van der Waals surface area contributed by atoms with Crippen LogP contribution in [-0.2, 0) is 6.54 Å². The zero-order chi connectivity index (χ0) is 15.4. The standard InChI is InChI=1S/C15H20N6O/c1-2-20-11-9-16-14(20)12-6-3-4-10-21(12)15(22)18-13-7-5-8-17-19-13/h5,7-9,11-12H,2-4,6,10H2,1H3,(H,18,19,22)/t12-/m1/s1. The summed E-state index contributed by atoms with van der Waals surface area (Å²) in [5.41, 5.74) is 0. The molecule has 0 aliphatic carbocycles. The van der Waals surface area contributed by atoms with Crippen LogP contribution in [0.5, 0.6) is 0 Å². The first-order chi connectivity index (χ1) is 10.8. The van der Waals surface area contributed by atoms with Crippen LogP contribution in [0, 0.1) is 0 Å². The van der Waals surface area contributed by atoms with Gasteiger partial charge in [-0.3, -0.25) is 5.32 Å². The van der Waals surface area contributed by atoms with Gasteiger partial charge in [0, 0.05) is 31.7 Å². The summed E-state index contributed by atoms with van der Waals surface area (Å²) < 4.78 is 2.10. The van der Waals surface area contributed by atoms with E-state index in [1.54, 1.807) is 24.5 Å². The molecule has 0 spiro atoms. The van der Waals surface area contributed by atoms with Gasteiger partial charge >= 0.3 is 6.03 Å². The van der Waals surface area contributed by atoms with Gasteiger partial charge in [-0.1, -0.05) is 0 Å². The number of carbonyl (C=O) groups excluding carboxylic acids is 1. The number of nitrogens with one attached hydrogen (secondary N) is 1. The number of aromatic nitrogens is 4. The molecule has 1 atom stereocenters. The summed E-state index contributed by atoms with van der Waals surface area (Å²) in [4.78, 5) is 18.9. The van der Waals surface area contributed by atoms with E-state index in [0.717, 1.165) is 38.2 Å². The van der Waals surface area contributed by atoms with Gasteiger partial charge in [-0.25, -0.2) is 9.78 Å². The molecule has 116 valence electrons. The van der Waals surface area contributed by atoms with E-state index in [0.29, 0.717) is 5.82 Å². The summed E-state index contributed by atoms with van der Waals surface area (Å²) in [6, 6.07) is 3.35. The summed E-state index contributed by atoms with van der Waals surface area (Å²) in [7, 11) is 0. The molecule has 0 radical (unpaired) electrons. The predicted octanol–water partition coefficient (Wildman–Crippen LogP) is 2.45. The largest absolute Gasteiger partial charge is 0.333 e. The van der Waals surface area contributed by atoms with Gasteiger partial charge in [-0.2, -0.15) is 5.10 Å². The molecule has 7 nitrogen and oxygen atoms in total. The van der Waals surface area contributed by atoms with E-state index < -0.39 is 0 Å². The number of hydrogen-bond donors (Lipinski definition) is 1. The molecule has 2 aromatic heterocycles. The summed E-state index contributed by atoms with van der Waals surface area (Å²) in [5, 5.41) is 10.5. The molecule has 1 N–H and O–H groups in total. The fourth-order valence-electron chi connectivity index (χ4n) is 2.88. The first kappa shape index (κ1) is 14.5. The molecule has 1 aliphatic heterocycles. The van der Waals surface area contributed by atoms with E-state index in [-0.39, 0.29) is 12.1 Å². The van der Waals surface area contributed by atoms with Crippen molar-refractivity contribution in [1.82, 2.24) is 24.6 Å². The highest BCUT2D eigenvalue weighted by atomic mass is 16.2. The minimum atomic E-state index is -0.143. The monoisotopic (exact) mass is 300 g/mol. The third-order valence-corrected chi connectivity index (χ3v) is 3.96. The van der Waals surface area contributed by atoms with Crippen LogP contribution in [0.2, 0.25) is 0 Å². The van der Waals surface area contributed by atoms with Crippen molar-refractivity contribution in [3.8, 4) is 0 Å². The molecule has 2 amide bonds. The zero-order valence-corrected chi connectivity index (χ0v) is 12.6. The Hall–Kier alpha value is -2.44. The number of imidazole rings is 1. The van der Waals surface area contributed by atoms with Gasteiger partial charge in [0.25, 0.3) is 0 Å². The minimum Gasteiger partial charge on any atom is -0.333 e. The topological polar surface area (TPSA) is 75.9 Å². The molecule has 1 fully saturated rings. The van der Waals surface area contributed by atoms with Crippen molar-refractivity contribution in [2.75, 3.05) is 11.9 Å². The highest BCUT2D eigenvalue weighted by molar-refractivity contribution is 5.88. The predicted molar refractivity (Wildman–Crippen MR) is 82.2 cm³/mol. The molecule has 3 rings (SSSR count). The van der Waals surface area contributed by atoms with Crippen molar-refractivity contribution < 1.29 is 4.79 Å². The van der Waals surface area contributed by atoms with E-state index in [1.807, 2.05) is 11.1 Å². The maximum Gasteiger partial charge on any atom is 0.323 e. The second-order valence-corrected chi connectivity index (χ2v) is 5.32. The molecule has 22 heavy (non-hydrogen) atoms. The third-order valence-electron chi connectivity index (χ3n) is 3.96. The van der Waals surface area contributed by atoms with Crippen molar-refractivity contribution in [2.45, 2.75) is 38.8 Å². The van der Waals surface area contributed by atoms with E-state index in [4.69, 9.17) is 0 Å².